The van der Waals surface area contributed by atoms with Crippen LogP contribution in [0.15, 0.2) is 22.7 Å². The van der Waals surface area contributed by atoms with Crippen molar-refractivity contribution >= 4 is 21.6 Å². The summed E-state index contributed by atoms with van der Waals surface area (Å²) in [6.45, 7) is 7.08. The average Bonchev–Trinajstić information content (AvgIpc) is 3.22. The monoisotopic (exact) mass is 340 g/mol. The lowest BCUT2D eigenvalue weighted by molar-refractivity contribution is 0.204. The van der Waals surface area contributed by atoms with Gasteiger partial charge in [0.05, 0.1) is 6.61 Å². The highest BCUT2D eigenvalue weighted by Crippen LogP contribution is 2.28. The van der Waals surface area contributed by atoms with Gasteiger partial charge in [0.1, 0.15) is 0 Å². The quantitative estimate of drug-likeness (QED) is 0.782. The van der Waals surface area contributed by atoms with E-state index in [9.17, 15) is 0 Å². The summed E-state index contributed by atoms with van der Waals surface area (Å²) in [6.07, 6.45) is 2.65. The molecule has 0 aromatic heterocycles. The summed E-state index contributed by atoms with van der Waals surface area (Å²) in [6, 6.07) is 7.76. The van der Waals surface area contributed by atoms with Crippen LogP contribution in [0.4, 0.5) is 5.69 Å². The minimum Gasteiger partial charge on any atom is -0.383 e. The van der Waals surface area contributed by atoms with Crippen LogP contribution in [0, 0.1) is 0 Å². The second-order valence-corrected chi connectivity index (χ2v) is 6.62. The molecule has 1 aliphatic carbocycles. The number of benzene rings is 1. The van der Waals surface area contributed by atoms with Crippen molar-refractivity contribution in [3.05, 3.63) is 28.2 Å². The van der Waals surface area contributed by atoms with E-state index in [-0.39, 0.29) is 0 Å². The van der Waals surface area contributed by atoms with Crippen molar-refractivity contribution < 1.29 is 4.74 Å². The van der Waals surface area contributed by atoms with Crippen LogP contribution >= 0.6 is 15.9 Å². The lowest BCUT2D eigenvalue weighted by atomic mass is 10.1. The number of halogens is 1. The highest BCUT2D eigenvalue weighted by molar-refractivity contribution is 9.10. The minimum atomic E-state index is 0.458. The smallest absolute Gasteiger partial charge is 0.0637 e. The molecule has 0 heterocycles. The lowest BCUT2D eigenvalue weighted by Gasteiger charge is -2.31. The summed E-state index contributed by atoms with van der Waals surface area (Å²) in [5.74, 6) is 0. The molecule has 1 saturated carbocycles. The largest absolute Gasteiger partial charge is 0.383 e. The van der Waals surface area contributed by atoms with Crippen molar-refractivity contribution in [2.45, 2.75) is 45.3 Å². The van der Waals surface area contributed by atoms with Crippen molar-refractivity contribution in [1.29, 1.82) is 0 Å². The molecule has 0 aliphatic heterocycles. The Kier molecular flexibility index (Phi) is 5.87. The van der Waals surface area contributed by atoms with Crippen molar-refractivity contribution in [3.8, 4) is 0 Å². The normalized spacial score (nSPS) is 14.8. The molecule has 1 fully saturated rings. The van der Waals surface area contributed by atoms with E-state index in [1.807, 2.05) is 0 Å². The first-order valence-electron chi connectivity index (χ1n) is 7.39. The second-order valence-electron chi connectivity index (χ2n) is 5.71. The number of nitrogens with zero attached hydrogens (tertiary/aromatic N) is 1. The summed E-state index contributed by atoms with van der Waals surface area (Å²) in [7, 11) is 1.76. The van der Waals surface area contributed by atoms with Crippen LogP contribution in [0.5, 0.6) is 0 Å². The van der Waals surface area contributed by atoms with Gasteiger partial charge in [-0.3, -0.25) is 0 Å². The molecule has 1 aliphatic rings. The van der Waals surface area contributed by atoms with Gasteiger partial charge < -0.3 is 15.0 Å². The number of rotatable bonds is 8. The predicted octanol–water partition coefficient (Wildman–Crippen LogP) is 3.56. The molecule has 0 saturated heterocycles. The van der Waals surface area contributed by atoms with E-state index in [1.54, 1.807) is 7.11 Å². The Hall–Kier alpha value is -0.580. The van der Waals surface area contributed by atoms with Gasteiger partial charge in [-0.2, -0.15) is 0 Å². The van der Waals surface area contributed by atoms with E-state index in [4.69, 9.17) is 4.74 Å². The molecule has 0 radical (unpaired) electrons. The zero-order valence-electron chi connectivity index (χ0n) is 12.7. The van der Waals surface area contributed by atoms with Gasteiger partial charge in [0.2, 0.25) is 0 Å². The maximum atomic E-state index is 5.25. The average molecular weight is 341 g/mol. The summed E-state index contributed by atoms with van der Waals surface area (Å²) in [4.78, 5) is 2.41. The first-order chi connectivity index (χ1) is 9.61. The summed E-state index contributed by atoms with van der Waals surface area (Å²) < 4.78 is 6.38. The molecule has 4 heteroatoms. The highest BCUT2D eigenvalue weighted by atomic mass is 79.9. The third kappa shape index (κ3) is 4.47. The van der Waals surface area contributed by atoms with Gasteiger partial charge in [0.25, 0.3) is 0 Å². The summed E-state index contributed by atoms with van der Waals surface area (Å²) >= 11 is 3.60. The van der Waals surface area contributed by atoms with Gasteiger partial charge in [0, 0.05) is 42.4 Å². The second kappa shape index (κ2) is 7.43. The van der Waals surface area contributed by atoms with E-state index in [0.717, 1.165) is 30.2 Å². The number of hydrogen-bond acceptors (Lipinski definition) is 3. The molecular weight excluding hydrogens is 316 g/mol. The molecule has 2 rings (SSSR count). The first kappa shape index (κ1) is 15.8. The Labute approximate surface area is 130 Å². The van der Waals surface area contributed by atoms with Gasteiger partial charge in [-0.15, -0.1) is 0 Å². The van der Waals surface area contributed by atoms with Gasteiger partial charge in [-0.25, -0.2) is 0 Å². The van der Waals surface area contributed by atoms with E-state index >= 15 is 0 Å². The number of methoxy groups -OCH3 is 1. The Morgan fingerprint density at radius 2 is 2.15 bits per heavy atom. The van der Waals surface area contributed by atoms with Crippen LogP contribution in [0.3, 0.4) is 0 Å². The van der Waals surface area contributed by atoms with Crippen LogP contribution in [0.1, 0.15) is 32.3 Å². The Morgan fingerprint density at radius 1 is 1.40 bits per heavy atom. The molecule has 112 valence electrons. The fourth-order valence-electron chi connectivity index (χ4n) is 2.34. The van der Waals surface area contributed by atoms with Crippen molar-refractivity contribution in [3.63, 3.8) is 0 Å². The number of hydrogen-bond donors (Lipinski definition) is 1. The fraction of sp³-hybridized carbons (Fsp3) is 0.625. The van der Waals surface area contributed by atoms with Crippen LogP contribution < -0.4 is 10.2 Å². The van der Waals surface area contributed by atoms with Crippen molar-refractivity contribution in [2.75, 3.05) is 25.2 Å². The molecule has 0 unspecified atom stereocenters. The lowest BCUT2D eigenvalue weighted by Crippen LogP contribution is -2.35. The molecule has 0 bridgehead atoms. The van der Waals surface area contributed by atoms with E-state index in [1.165, 1.54) is 24.1 Å². The zero-order valence-corrected chi connectivity index (χ0v) is 14.2. The molecule has 1 aromatic carbocycles. The van der Waals surface area contributed by atoms with E-state index in [2.05, 4.69) is 58.2 Å². The molecule has 20 heavy (non-hydrogen) atoms. The highest BCUT2D eigenvalue weighted by Gasteiger charge is 2.21. The van der Waals surface area contributed by atoms with Crippen LogP contribution in [0.25, 0.3) is 0 Å². The van der Waals surface area contributed by atoms with E-state index < -0.39 is 0 Å². The minimum absolute atomic E-state index is 0.458. The third-order valence-electron chi connectivity index (χ3n) is 3.67. The maximum absolute atomic E-state index is 5.25. The standard InChI is InChI=1S/C16H25BrN2O/c1-12(2)19(8-9-20-3)16-10-14(17)5-4-13(16)11-18-15-6-7-15/h4-5,10,12,15,18H,6-9,11H2,1-3H3. The summed E-state index contributed by atoms with van der Waals surface area (Å²) in [5.41, 5.74) is 2.67. The molecule has 1 aromatic rings. The topological polar surface area (TPSA) is 24.5 Å². The Bertz CT molecular complexity index is 432. The van der Waals surface area contributed by atoms with Crippen LogP contribution in [-0.2, 0) is 11.3 Å². The number of anilines is 1. The summed E-state index contributed by atoms with van der Waals surface area (Å²) in [5, 5.41) is 3.61. The van der Waals surface area contributed by atoms with Gasteiger partial charge in [-0.1, -0.05) is 22.0 Å². The van der Waals surface area contributed by atoms with E-state index in [0.29, 0.717) is 6.04 Å². The Morgan fingerprint density at radius 3 is 2.75 bits per heavy atom. The number of nitrogens with one attached hydrogen (secondary N) is 1. The molecule has 1 N–H and O–H groups in total. The maximum Gasteiger partial charge on any atom is 0.0637 e. The van der Waals surface area contributed by atoms with Gasteiger partial charge in [0.15, 0.2) is 0 Å². The molecular formula is C16H25BrN2O. The van der Waals surface area contributed by atoms with Gasteiger partial charge >= 0.3 is 0 Å². The van der Waals surface area contributed by atoms with Crippen molar-refractivity contribution in [1.82, 2.24) is 5.32 Å². The molecule has 3 nitrogen and oxygen atoms in total. The van der Waals surface area contributed by atoms with Gasteiger partial charge in [-0.05, 0) is 44.4 Å². The SMILES string of the molecule is COCCN(c1cc(Br)ccc1CNC1CC1)C(C)C. The number of ether oxygens (including phenoxy) is 1. The molecule has 0 atom stereocenters. The molecule has 0 amide bonds. The van der Waals surface area contributed by atoms with Crippen LogP contribution in [0.2, 0.25) is 0 Å². The van der Waals surface area contributed by atoms with Crippen LogP contribution in [-0.4, -0.2) is 32.3 Å². The van der Waals surface area contributed by atoms with Crippen molar-refractivity contribution in [2.24, 2.45) is 0 Å². The third-order valence-corrected chi connectivity index (χ3v) is 4.17. The predicted molar refractivity (Wildman–Crippen MR) is 88.4 cm³/mol. The Balaban J connectivity index is 2.17. The molecule has 0 spiro atoms. The zero-order chi connectivity index (χ0) is 14.5. The first-order valence-corrected chi connectivity index (χ1v) is 8.18. The fourth-order valence-corrected chi connectivity index (χ4v) is 2.69.